The molecule has 1 rings (SSSR count). The summed E-state index contributed by atoms with van der Waals surface area (Å²) in [5.74, 6) is 2.11. The van der Waals surface area contributed by atoms with Crippen molar-refractivity contribution in [2.45, 2.75) is 39.2 Å². The van der Waals surface area contributed by atoms with Crippen molar-refractivity contribution < 1.29 is 0 Å². The molecule has 1 heterocycles. The summed E-state index contributed by atoms with van der Waals surface area (Å²) in [5.41, 5.74) is 0.0157. The van der Waals surface area contributed by atoms with E-state index in [-0.39, 0.29) is 5.54 Å². The van der Waals surface area contributed by atoms with E-state index in [1.165, 1.54) is 5.75 Å². The van der Waals surface area contributed by atoms with Crippen LogP contribution in [0.25, 0.3) is 0 Å². The lowest BCUT2D eigenvalue weighted by atomic mass is 9.80. The maximum atomic E-state index is 9.27. The van der Waals surface area contributed by atoms with E-state index in [4.69, 9.17) is 0 Å². The smallest absolute Gasteiger partial charge is 0.116 e. The summed E-state index contributed by atoms with van der Waals surface area (Å²) < 4.78 is 0. The van der Waals surface area contributed by atoms with Crippen molar-refractivity contribution in [2.75, 3.05) is 18.1 Å². The average Bonchev–Trinajstić information content (AvgIpc) is 2.13. The molecule has 1 saturated heterocycles. The Morgan fingerprint density at radius 3 is 2.64 bits per heavy atom. The molecule has 1 aliphatic heterocycles. The highest BCUT2D eigenvalue weighted by Crippen LogP contribution is 2.38. The van der Waals surface area contributed by atoms with Gasteiger partial charge in [-0.15, -0.1) is 0 Å². The van der Waals surface area contributed by atoms with Crippen molar-refractivity contribution in [2.24, 2.45) is 5.41 Å². The summed E-state index contributed by atoms with van der Waals surface area (Å²) in [6, 6.07) is 2.48. The number of rotatable bonds is 3. The lowest BCUT2D eigenvalue weighted by Crippen LogP contribution is -2.52. The SMILES string of the molecule is CCCNC1(C#N)CSCC(C)(C)C1. The molecular formula is C11H20N2S. The third-order valence-corrected chi connectivity index (χ3v) is 4.23. The summed E-state index contributed by atoms with van der Waals surface area (Å²) in [7, 11) is 0. The summed E-state index contributed by atoms with van der Waals surface area (Å²) in [5, 5.41) is 12.7. The Balaban J connectivity index is 2.65. The fraction of sp³-hybridized carbons (Fsp3) is 0.909. The molecule has 2 nitrogen and oxygen atoms in total. The van der Waals surface area contributed by atoms with Crippen molar-refractivity contribution in [3.63, 3.8) is 0 Å². The third kappa shape index (κ3) is 2.90. The molecule has 0 aromatic rings. The number of nitrogens with zero attached hydrogens (tertiary/aromatic N) is 1. The van der Waals surface area contributed by atoms with E-state index >= 15 is 0 Å². The molecule has 14 heavy (non-hydrogen) atoms. The van der Waals surface area contributed by atoms with Crippen molar-refractivity contribution >= 4 is 11.8 Å². The second-order valence-electron chi connectivity index (χ2n) is 4.95. The molecule has 1 fully saturated rings. The molecule has 0 saturated carbocycles. The van der Waals surface area contributed by atoms with Gasteiger partial charge >= 0.3 is 0 Å². The Hall–Kier alpha value is -0.200. The van der Waals surface area contributed by atoms with Gasteiger partial charge in [-0.2, -0.15) is 17.0 Å². The maximum absolute atomic E-state index is 9.27. The minimum absolute atomic E-state index is 0.275. The van der Waals surface area contributed by atoms with Crippen molar-refractivity contribution in [3.05, 3.63) is 0 Å². The van der Waals surface area contributed by atoms with E-state index in [0.717, 1.165) is 25.1 Å². The van der Waals surface area contributed by atoms with Crippen LogP contribution in [0, 0.1) is 16.7 Å². The van der Waals surface area contributed by atoms with Gasteiger partial charge in [-0.05, 0) is 30.6 Å². The average molecular weight is 212 g/mol. The van der Waals surface area contributed by atoms with Crippen LogP contribution in [0.1, 0.15) is 33.6 Å². The van der Waals surface area contributed by atoms with E-state index in [1.807, 2.05) is 11.8 Å². The first-order chi connectivity index (χ1) is 6.54. The zero-order valence-electron chi connectivity index (χ0n) is 9.39. The van der Waals surface area contributed by atoms with E-state index < -0.39 is 0 Å². The standard InChI is InChI=1S/C11H20N2S/c1-4-5-13-11(7-12)6-10(2,3)8-14-9-11/h13H,4-6,8-9H2,1-3H3. The van der Waals surface area contributed by atoms with Crippen LogP contribution in [-0.2, 0) is 0 Å². The van der Waals surface area contributed by atoms with Gasteiger partial charge < -0.3 is 0 Å². The molecule has 80 valence electrons. The van der Waals surface area contributed by atoms with Crippen LogP contribution < -0.4 is 5.32 Å². The number of nitriles is 1. The molecule has 0 aromatic heterocycles. The topological polar surface area (TPSA) is 35.8 Å². The van der Waals surface area contributed by atoms with Gasteiger partial charge in [-0.3, -0.25) is 5.32 Å². The number of hydrogen-bond donors (Lipinski definition) is 1. The molecule has 1 aliphatic rings. The summed E-state index contributed by atoms with van der Waals surface area (Å²) >= 11 is 1.90. The molecule has 0 spiro atoms. The zero-order chi connectivity index (χ0) is 10.7. The zero-order valence-corrected chi connectivity index (χ0v) is 10.2. The Morgan fingerprint density at radius 1 is 1.43 bits per heavy atom. The number of thioether (sulfide) groups is 1. The van der Waals surface area contributed by atoms with Crippen LogP contribution in [-0.4, -0.2) is 23.6 Å². The second-order valence-corrected chi connectivity index (χ2v) is 5.94. The van der Waals surface area contributed by atoms with Gasteiger partial charge in [0.15, 0.2) is 0 Å². The van der Waals surface area contributed by atoms with E-state index in [1.54, 1.807) is 0 Å². The van der Waals surface area contributed by atoms with Crippen LogP contribution in [0.5, 0.6) is 0 Å². The summed E-state index contributed by atoms with van der Waals surface area (Å²) in [6.45, 7) is 7.58. The minimum Gasteiger partial charge on any atom is -0.299 e. The van der Waals surface area contributed by atoms with Gasteiger partial charge in [0.05, 0.1) is 6.07 Å². The summed E-state index contributed by atoms with van der Waals surface area (Å²) in [6.07, 6.45) is 2.07. The van der Waals surface area contributed by atoms with Gasteiger partial charge in [0.1, 0.15) is 5.54 Å². The van der Waals surface area contributed by atoms with Crippen LogP contribution >= 0.6 is 11.8 Å². The molecule has 0 aromatic carbocycles. The molecule has 3 heteroatoms. The predicted molar refractivity (Wildman–Crippen MR) is 62.4 cm³/mol. The molecule has 1 N–H and O–H groups in total. The summed E-state index contributed by atoms with van der Waals surface area (Å²) in [4.78, 5) is 0. The fourth-order valence-corrected chi connectivity index (χ4v) is 3.38. The Kier molecular flexibility index (Phi) is 3.86. The third-order valence-electron chi connectivity index (χ3n) is 2.55. The first-order valence-corrected chi connectivity index (χ1v) is 6.43. The molecule has 1 atom stereocenters. The Labute approximate surface area is 91.4 Å². The molecular weight excluding hydrogens is 192 g/mol. The van der Waals surface area contributed by atoms with E-state index in [9.17, 15) is 5.26 Å². The molecule has 1 unspecified atom stereocenters. The highest BCUT2D eigenvalue weighted by Gasteiger charge is 2.40. The van der Waals surface area contributed by atoms with E-state index in [2.05, 4.69) is 32.2 Å². The Bertz CT molecular complexity index is 232. The molecule has 0 radical (unpaired) electrons. The molecule has 0 bridgehead atoms. The maximum Gasteiger partial charge on any atom is 0.116 e. The highest BCUT2D eigenvalue weighted by molar-refractivity contribution is 7.99. The van der Waals surface area contributed by atoms with Crippen molar-refractivity contribution in [3.8, 4) is 6.07 Å². The molecule has 0 aliphatic carbocycles. The highest BCUT2D eigenvalue weighted by atomic mass is 32.2. The van der Waals surface area contributed by atoms with Crippen LogP contribution in [0.15, 0.2) is 0 Å². The van der Waals surface area contributed by atoms with Crippen LogP contribution in [0.3, 0.4) is 0 Å². The van der Waals surface area contributed by atoms with Crippen molar-refractivity contribution in [1.29, 1.82) is 5.26 Å². The normalized spacial score (nSPS) is 31.0. The van der Waals surface area contributed by atoms with Gasteiger partial charge in [0, 0.05) is 5.75 Å². The monoisotopic (exact) mass is 212 g/mol. The predicted octanol–water partition coefficient (Wildman–Crippen LogP) is 2.41. The van der Waals surface area contributed by atoms with Gasteiger partial charge in [-0.1, -0.05) is 20.8 Å². The first-order valence-electron chi connectivity index (χ1n) is 5.28. The Morgan fingerprint density at radius 2 is 2.14 bits per heavy atom. The van der Waals surface area contributed by atoms with E-state index in [0.29, 0.717) is 5.41 Å². The van der Waals surface area contributed by atoms with Gasteiger partial charge in [0.25, 0.3) is 0 Å². The minimum atomic E-state index is -0.275. The quantitative estimate of drug-likeness (QED) is 0.780. The van der Waals surface area contributed by atoms with Crippen LogP contribution in [0.4, 0.5) is 0 Å². The van der Waals surface area contributed by atoms with Gasteiger partial charge in [-0.25, -0.2) is 0 Å². The van der Waals surface area contributed by atoms with Crippen LogP contribution in [0.2, 0.25) is 0 Å². The fourth-order valence-electron chi connectivity index (χ4n) is 2.01. The van der Waals surface area contributed by atoms with Gasteiger partial charge in [0.2, 0.25) is 0 Å². The van der Waals surface area contributed by atoms with Crippen molar-refractivity contribution in [1.82, 2.24) is 5.32 Å². The number of nitrogens with one attached hydrogen (secondary N) is 1. The second kappa shape index (κ2) is 4.55. The largest absolute Gasteiger partial charge is 0.299 e. The lowest BCUT2D eigenvalue weighted by Gasteiger charge is -2.40. The number of hydrogen-bond acceptors (Lipinski definition) is 3. The molecule has 0 amide bonds. The lowest BCUT2D eigenvalue weighted by molar-refractivity contribution is 0.271. The first kappa shape index (κ1) is 11.9.